The minimum absolute atomic E-state index is 0.0210. The molecule has 20 heavy (non-hydrogen) atoms. The Hall–Kier alpha value is -2.63. The number of nitrogens with one attached hydrogen (secondary N) is 1. The fraction of sp³-hybridized carbons (Fsp3) is 0.214. The SMILES string of the molecule is C=CCN1C(=O)COc2ccc(NC(=O)/C=C/C)nc21. The highest BCUT2D eigenvalue weighted by molar-refractivity contribution is 6.00. The fourth-order valence-electron chi connectivity index (χ4n) is 1.78. The molecule has 1 aliphatic rings. The van der Waals surface area contributed by atoms with Gasteiger partial charge in [-0.1, -0.05) is 12.2 Å². The topological polar surface area (TPSA) is 71.5 Å². The van der Waals surface area contributed by atoms with Gasteiger partial charge in [0.15, 0.2) is 18.2 Å². The van der Waals surface area contributed by atoms with Crippen molar-refractivity contribution in [1.29, 1.82) is 0 Å². The summed E-state index contributed by atoms with van der Waals surface area (Å²) in [5, 5.41) is 2.61. The lowest BCUT2D eigenvalue weighted by atomic mass is 10.3. The van der Waals surface area contributed by atoms with Crippen LogP contribution in [-0.2, 0) is 9.59 Å². The molecule has 0 spiro atoms. The predicted molar refractivity (Wildman–Crippen MR) is 75.7 cm³/mol. The number of allylic oxidation sites excluding steroid dienone is 1. The third-order valence-electron chi connectivity index (χ3n) is 2.63. The molecular weight excluding hydrogens is 258 g/mol. The van der Waals surface area contributed by atoms with Crippen molar-refractivity contribution in [2.24, 2.45) is 0 Å². The first-order chi connectivity index (χ1) is 9.65. The maximum atomic E-state index is 11.8. The Morgan fingerprint density at radius 2 is 2.40 bits per heavy atom. The molecule has 1 aromatic rings. The van der Waals surface area contributed by atoms with E-state index in [0.717, 1.165) is 0 Å². The lowest BCUT2D eigenvalue weighted by Gasteiger charge is -2.27. The number of rotatable bonds is 4. The number of carbonyl (C=O) groups is 2. The molecule has 0 aromatic carbocycles. The van der Waals surface area contributed by atoms with Crippen molar-refractivity contribution in [3.8, 4) is 5.75 Å². The number of aromatic nitrogens is 1. The third kappa shape index (κ3) is 2.85. The van der Waals surface area contributed by atoms with Gasteiger partial charge < -0.3 is 10.1 Å². The highest BCUT2D eigenvalue weighted by Gasteiger charge is 2.26. The summed E-state index contributed by atoms with van der Waals surface area (Å²) < 4.78 is 5.31. The van der Waals surface area contributed by atoms with E-state index in [9.17, 15) is 9.59 Å². The molecular formula is C14H15N3O3. The Labute approximate surface area is 116 Å². The summed E-state index contributed by atoms with van der Waals surface area (Å²) in [7, 11) is 0. The lowest BCUT2D eigenvalue weighted by molar-refractivity contribution is -0.121. The number of hydrogen-bond acceptors (Lipinski definition) is 4. The van der Waals surface area contributed by atoms with Crippen LogP contribution in [-0.4, -0.2) is 29.9 Å². The van der Waals surface area contributed by atoms with Crippen LogP contribution in [0.4, 0.5) is 11.6 Å². The van der Waals surface area contributed by atoms with Crippen LogP contribution in [0.3, 0.4) is 0 Å². The van der Waals surface area contributed by atoms with E-state index in [1.54, 1.807) is 31.2 Å². The monoisotopic (exact) mass is 273 g/mol. The molecule has 0 saturated carbocycles. The summed E-state index contributed by atoms with van der Waals surface area (Å²) >= 11 is 0. The normalized spacial score (nSPS) is 13.8. The van der Waals surface area contributed by atoms with Crippen molar-refractivity contribution >= 4 is 23.5 Å². The van der Waals surface area contributed by atoms with Gasteiger partial charge in [0.2, 0.25) is 5.91 Å². The smallest absolute Gasteiger partial charge is 0.266 e. The Bertz CT molecular complexity index is 581. The Kier molecular flexibility index (Phi) is 4.14. The van der Waals surface area contributed by atoms with Crippen LogP contribution in [0.1, 0.15) is 6.92 Å². The molecule has 1 N–H and O–H groups in total. The zero-order valence-electron chi connectivity index (χ0n) is 11.1. The number of ether oxygens (including phenoxy) is 1. The van der Waals surface area contributed by atoms with Crippen molar-refractivity contribution < 1.29 is 14.3 Å². The third-order valence-corrected chi connectivity index (χ3v) is 2.63. The average Bonchev–Trinajstić information content (AvgIpc) is 2.42. The molecule has 0 radical (unpaired) electrons. The second-order valence-electron chi connectivity index (χ2n) is 4.09. The molecule has 6 heteroatoms. The van der Waals surface area contributed by atoms with Crippen molar-refractivity contribution in [1.82, 2.24) is 4.98 Å². The second-order valence-corrected chi connectivity index (χ2v) is 4.09. The summed E-state index contributed by atoms with van der Waals surface area (Å²) in [6, 6.07) is 3.30. The highest BCUT2D eigenvalue weighted by Crippen LogP contribution is 2.31. The van der Waals surface area contributed by atoms with Crippen LogP contribution in [0.25, 0.3) is 0 Å². The van der Waals surface area contributed by atoms with Crippen LogP contribution in [0.5, 0.6) is 5.75 Å². The zero-order valence-corrected chi connectivity index (χ0v) is 11.1. The van der Waals surface area contributed by atoms with Gasteiger partial charge in [0.25, 0.3) is 5.91 Å². The molecule has 0 saturated heterocycles. The summed E-state index contributed by atoms with van der Waals surface area (Å²) in [5.41, 5.74) is 0. The van der Waals surface area contributed by atoms with E-state index in [1.165, 1.54) is 11.0 Å². The van der Waals surface area contributed by atoms with Crippen LogP contribution < -0.4 is 15.0 Å². The first kappa shape index (κ1) is 13.8. The number of pyridine rings is 1. The molecule has 6 nitrogen and oxygen atoms in total. The van der Waals surface area contributed by atoms with Crippen LogP contribution >= 0.6 is 0 Å². The van der Waals surface area contributed by atoms with Crippen molar-refractivity contribution in [3.63, 3.8) is 0 Å². The number of amides is 2. The first-order valence-corrected chi connectivity index (χ1v) is 6.14. The molecule has 0 atom stereocenters. The highest BCUT2D eigenvalue weighted by atomic mass is 16.5. The Morgan fingerprint density at radius 1 is 1.60 bits per heavy atom. The average molecular weight is 273 g/mol. The van der Waals surface area contributed by atoms with Gasteiger partial charge in [0.1, 0.15) is 5.82 Å². The van der Waals surface area contributed by atoms with Gasteiger partial charge in [-0.15, -0.1) is 6.58 Å². The number of anilines is 2. The molecule has 0 aliphatic carbocycles. The lowest BCUT2D eigenvalue weighted by Crippen LogP contribution is -2.39. The standard InChI is InChI=1S/C14H15N3O3/c1-3-5-12(18)15-11-7-6-10-14(16-11)17(8-4-2)13(19)9-20-10/h3-7H,2,8-9H2,1H3,(H,15,16,18)/b5-3+. The number of carbonyl (C=O) groups excluding carboxylic acids is 2. The van der Waals surface area contributed by atoms with E-state index >= 15 is 0 Å². The fourth-order valence-corrected chi connectivity index (χ4v) is 1.78. The van der Waals surface area contributed by atoms with Crippen LogP contribution in [0, 0.1) is 0 Å². The maximum Gasteiger partial charge on any atom is 0.266 e. The molecule has 0 unspecified atom stereocenters. The van der Waals surface area contributed by atoms with E-state index in [4.69, 9.17) is 4.74 Å². The molecule has 1 aliphatic heterocycles. The van der Waals surface area contributed by atoms with Gasteiger partial charge in [-0.05, 0) is 25.1 Å². The van der Waals surface area contributed by atoms with Gasteiger partial charge in [-0.3, -0.25) is 14.5 Å². The zero-order chi connectivity index (χ0) is 14.5. The molecule has 2 amide bonds. The van der Waals surface area contributed by atoms with E-state index in [1.807, 2.05) is 0 Å². The van der Waals surface area contributed by atoms with E-state index in [2.05, 4.69) is 16.9 Å². The van der Waals surface area contributed by atoms with Crippen molar-refractivity contribution in [2.75, 3.05) is 23.4 Å². The van der Waals surface area contributed by atoms with Gasteiger partial charge in [0, 0.05) is 6.54 Å². The second kappa shape index (κ2) is 6.01. The van der Waals surface area contributed by atoms with Crippen LogP contribution in [0.15, 0.2) is 36.9 Å². The number of nitrogens with zero attached hydrogens (tertiary/aromatic N) is 2. The van der Waals surface area contributed by atoms with Crippen molar-refractivity contribution in [3.05, 3.63) is 36.9 Å². The molecule has 2 rings (SSSR count). The van der Waals surface area contributed by atoms with E-state index < -0.39 is 0 Å². The molecule has 104 valence electrons. The molecule has 2 heterocycles. The van der Waals surface area contributed by atoms with Gasteiger partial charge in [0.05, 0.1) is 0 Å². The first-order valence-electron chi connectivity index (χ1n) is 6.14. The molecule has 0 fully saturated rings. The molecule has 1 aromatic heterocycles. The summed E-state index contributed by atoms with van der Waals surface area (Å²) in [6.07, 6.45) is 4.63. The van der Waals surface area contributed by atoms with E-state index in [-0.39, 0.29) is 18.4 Å². The van der Waals surface area contributed by atoms with Crippen molar-refractivity contribution in [2.45, 2.75) is 6.92 Å². The quantitative estimate of drug-likeness (QED) is 0.666. The molecule has 0 bridgehead atoms. The van der Waals surface area contributed by atoms with Gasteiger partial charge in [-0.2, -0.15) is 0 Å². The Balaban J connectivity index is 2.30. The number of hydrogen-bond donors (Lipinski definition) is 1. The van der Waals surface area contributed by atoms with E-state index in [0.29, 0.717) is 23.9 Å². The Morgan fingerprint density at radius 3 is 3.10 bits per heavy atom. The minimum Gasteiger partial charge on any atom is -0.480 e. The van der Waals surface area contributed by atoms with Gasteiger partial charge in [-0.25, -0.2) is 4.98 Å². The summed E-state index contributed by atoms with van der Waals surface area (Å²) in [5.74, 6) is 0.786. The summed E-state index contributed by atoms with van der Waals surface area (Å²) in [6.45, 7) is 5.68. The minimum atomic E-state index is -0.279. The number of fused-ring (bicyclic) bond motifs is 1. The summed E-state index contributed by atoms with van der Waals surface area (Å²) in [4.78, 5) is 29.0. The maximum absolute atomic E-state index is 11.8. The largest absolute Gasteiger partial charge is 0.480 e. The van der Waals surface area contributed by atoms with Gasteiger partial charge >= 0.3 is 0 Å². The van der Waals surface area contributed by atoms with Crippen LogP contribution in [0.2, 0.25) is 0 Å². The predicted octanol–water partition coefficient (Wildman–Crippen LogP) is 1.51.